The van der Waals surface area contributed by atoms with Crippen LogP contribution < -0.4 is 5.73 Å². The molecule has 2 rings (SSSR count). The Morgan fingerprint density at radius 2 is 2.47 bits per heavy atom. The second-order valence-electron chi connectivity index (χ2n) is 3.05. The van der Waals surface area contributed by atoms with Crippen LogP contribution in [0.25, 0.3) is 10.7 Å². The number of aliphatic hydroxyl groups is 1. The lowest BCUT2D eigenvalue weighted by molar-refractivity contribution is 0.259. The molecule has 2 aromatic heterocycles. The highest BCUT2D eigenvalue weighted by atomic mass is 32.1. The monoisotopic (exact) mass is 225 g/mol. The van der Waals surface area contributed by atoms with Crippen LogP contribution in [0.5, 0.6) is 0 Å². The Labute approximate surface area is 90.5 Å². The minimum absolute atomic E-state index is 0.0118. The highest BCUT2D eigenvalue weighted by molar-refractivity contribution is 7.13. The number of rotatable bonds is 4. The Kier molecular flexibility index (Phi) is 3.10. The van der Waals surface area contributed by atoms with Gasteiger partial charge in [-0.2, -0.15) is 4.98 Å². The fraction of sp³-hybridized carbons (Fsp3) is 0.333. The highest BCUT2D eigenvalue weighted by Gasteiger charge is 2.15. The van der Waals surface area contributed by atoms with E-state index in [-0.39, 0.29) is 6.61 Å². The molecule has 1 atom stereocenters. The van der Waals surface area contributed by atoms with E-state index in [1.165, 1.54) is 11.3 Å². The van der Waals surface area contributed by atoms with Crippen molar-refractivity contribution in [2.45, 2.75) is 12.5 Å². The zero-order valence-electron chi connectivity index (χ0n) is 7.96. The van der Waals surface area contributed by atoms with E-state index in [9.17, 15) is 0 Å². The molecule has 6 heteroatoms. The molecule has 0 saturated heterocycles. The van der Waals surface area contributed by atoms with Gasteiger partial charge in [0.25, 0.3) is 0 Å². The van der Waals surface area contributed by atoms with Gasteiger partial charge in [0.2, 0.25) is 11.7 Å². The van der Waals surface area contributed by atoms with Crippen LogP contribution in [0.15, 0.2) is 22.0 Å². The van der Waals surface area contributed by atoms with Crippen molar-refractivity contribution in [2.75, 3.05) is 6.61 Å². The molecule has 0 aliphatic heterocycles. The van der Waals surface area contributed by atoms with Gasteiger partial charge in [-0.1, -0.05) is 11.2 Å². The molecule has 0 spiro atoms. The smallest absolute Gasteiger partial charge is 0.243 e. The van der Waals surface area contributed by atoms with E-state index < -0.39 is 6.04 Å². The lowest BCUT2D eigenvalue weighted by atomic mass is 10.2. The van der Waals surface area contributed by atoms with Crippen LogP contribution in [0.1, 0.15) is 18.4 Å². The van der Waals surface area contributed by atoms with E-state index in [2.05, 4.69) is 10.1 Å². The van der Waals surface area contributed by atoms with Crippen LogP contribution >= 0.6 is 11.3 Å². The van der Waals surface area contributed by atoms with Gasteiger partial charge >= 0.3 is 0 Å². The molecule has 0 saturated carbocycles. The van der Waals surface area contributed by atoms with E-state index >= 15 is 0 Å². The Morgan fingerprint density at radius 1 is 1.60 bits per heavy atom. The molecule has 2 heterocycles. The molecular formula is C9H11N3O2S. The minimum atomic E-state index is -0.392. The average molecular weight is 225 g/mol. The molecule has 0 radical (unpaired) electrons. The summed E-state index contributed by atoms with van der Waals surface area (Å²) in [6, 6.07) is 3.44. The molecule has 5 nitrogen and oxygen atoms in total. The van der Waals surface area contributed by atoms with Gasteiger partial charge in [-0.25, -0.2) is 0 Å². The first-order valence-electron chi connectivity index (χ1n) is 4.55. The van der Waals surface area contributed by atoms with Crippen molar-refractivity contribution in [3.05, 3.63) is 23.4 Å². The molecule has 0 bridgehead atoms. The molecule has 0 amide bonds. The largest absolute Gasteiger partial charge is 0.396 e. The minimum Gasteiger partial charge on any atom is -0.396 e. The summed E-state index contributed by atoms with van der Waals surface area (Å²) in [4.78, 5) is 5.11. The lowest BCUT2D eigenvalue weighted by Gasteiger charge is -2.01. The topological polar surface area (TPSA) is 85.2 Å². The number of nitrogens with zero attached hydrogens (tertiary/aromatic N) is 2. The number of hydrogen-bond donors (Lipinski definition) is 2. The molecule has 80 valence electrons. The van der Waals surface area contributed by atoms with Gasteiger partial charge in [-0.05, 0) is 17.9 Å². The zero-order chi connectivity index (χ0) is 10.7. The third kappa shape index (κ3) is 2.23. The van der Waals surface area contributed by atoms with Crippen LogP contribution in [0.3, 0.4) is 0 Å². The number of thiophene rings is 1. The Morgan fingerprint density at radius 3 is 3.13 bits per heavy atom. The van der Waals surface area contributed by atoms with Gasteiger partial charge in [-0.3, -0.25) is 0 Å². The summed E-state index contributed by atoms with van der Waals surface area (Å²) >= 11 is 1.54. The fourth-order valence-corrected chi connectivity index (χ4v) is 1.80. The van der Waals surface area contributed by atoms with Crippen molar-refractivity contribution in [1.82, 2.24) is 10.1 Å². The lowest BCUT2D eigenvalue weighted by Crippen LogP contribution is -2.12. The number of aliphatic hydroxyl groups excluding tert-OH is 1. The predicted octanol–water partition coefficient (Wildman–Crippen LogP) is 1.18. The summed E-state index contributed by atoms with van der Waals surface area (Å²) in [5.41, 5.74) is 5.72. The van der Waals surface area contributed by atoms with Gasteiger partial charge in [-0.15, -0.1) is 11.3 Å². The second kappa shape index (κ2) is 4.52. The van der Waals surface area contributed by atoms with E-state index in [0.717, 1.165) is 4.88 Å². The van der Waals surface area contributed by atoms with Crippen molar-refractivity contribution < 1.29 is 9.63 Å². The number of hydrogen-bond acceptors (Lipinski definition) is 6. The summed E-state index contributed by atoms with van der Waals surface area (Å²) < 4.78 is 5.01. The predicted molar refractivity (Wildman–Crippen MR) is 56.2 cm³/mol. The Bertz CT molecular complexity index is 413. The molecule has 15 heavy (non-hydrogen) atoms. The first kappa shape index (κ1) is 10.3. The van der Waals surface area contributed by atoms with E-state index in [1.807, 2.05) is 17.5 Å². The van der Waals surface area contributed by atoms with Gasteiger partial charge in [0.15, 0.2) is 0 Å². The van der Waals surface area contributed by atoms with Crippen LogP contribution in [0, 0.1) is 0 Å². The normalized spacial score (nSPS) is 12.9. The third-order valence-corrected chi connectivity index (χ3v) is 2.81. The van der Waals surface area contributed by atoms with Gasteiger partial charge in [0, 0.05) is 6.61 Å². The molecular weight excluding hydrogens is 214 g/mol. The second-order valence-corrected chi connectivity index (χ2v) is 4.00. The van der Waals surface area contributed by atoms with Crippen LogP contribution in [-0.2, 0) is 0 Å². The first-order valence-corrected chi connectivity index (χ1v) is 5.43. The van der Waals surface area contributed by atoms with Crippen molar-refractivity contribution in [2.24, 2.45) is 5.73 Å². The zero-order valence-corrected chi connectivity index (χ0v) is 8.78. The van der Waals surface area contributed by atoms with Crippen molar-refractivity contribution >= 4 is 11.3 Å². The van der Waals surface area contributed by atoms with Crippen molar-refractivity contribution in [3.63, 3.8) is 0 Å². The van der Waals surface area contributed by atoms with E-state index in [1.54, 1.807) is 0 Å². The standard InChI is InChI=1S/C9H11N3O2S/c10-6(3-4-13)9-11-8(12-14-9)7-2-1-5-15-7/h1-2,5-6,13H,3-4,10H2. The van der Waals surface area contributed by atoms with Crippen LogP contribution in [-0.4, -0.2) is 21.9 Å². The number of nitrogens with two attached hydrogens (primary N) is 1. The average Bonchev–Trinajstić information content (AvgIpc) is 2.89. The van der Waals surface area contributed by atoms with Gasteiger partial charge in [0.1, 0.15) is 0 Å². The Hall–Kier alpha value is -1.24. The molecule has 0 aromatic carbocycles. The van der Waals surface area contributed by atoms with Crippen LogP contribution in [0.2, 0.25) is 0 Å². The van der Waals surface area contributed by atoms with Gasteiger partial charge < -0.3 is 15.4 Å². The molecule has 0 aliphatic carbocycles. The van der Waals surface area contributed by atoms with E-state index in [4.69, 9.17) is 15.4 Å². The van der Waals surface area contributed by atoms with Crippen LogP contribution in [0.4, 0.5) is 0 Å². The molecule has 1 unspecified atom stereocenters. The maximum Gasteiger partial charge on any atom is 0.243 e. The van der Waals surface area contributed by atoms with Crippen molar-refractivity contribution in [1.29, 1.82) is 0 Å². The summed E-state index contributed by atoms with van der Waals surface area (Å²) in [5.74, 6) is 0.917. The Balaban J connectivity index is 2.17. The quantitative estimate of drug-likeness (QED) is 0.816. The summed E-state index contributed by atoms with van der Waals surface area (Å²) in [6.45, 7) is 0.0118. The highest BCUT2D eigenvalue weighted by Crippen LogP contribution is 2.23. The maximum atomic E-state index is 8.72. The summed E-state index contributed by atoms with van der Waals surface area (Å²) in [5, 5.41) is 14.5. The summed E-state index contributed by atoms with van der Waals surface area (Å²) in [7, 11) is 0. The molecule has 0 fully saturated rings. The van der Waals surface area contributed by atoms with Gasteiger partial charge in [0.05, 0.1) is 10.9 Å². The van der Waals surface area contributed by atoms with E-state index in [0.29, 0.717) is 18.1 Å². The molecule has 3 N–H and O–H groups in total. The molecule has 2 aromatic rings. The van der Waals surface area contributed by atoms with Crippen molar-refractivity contribution in [3.8, 4) is 10.7 Å². The first-order chi connectivity index (χ1) is 7.31. The maximum absolute atomic E-state index is 8.72. The molecule has 0 aliphatic rings. The summed E-state index contributed by atoms with van der Waals surface area (Å²) in [6.07, 6.45) is 0.423. The number of aromatic nitrogens is 2. The SMILES string of the molecule is NC(CCO)c1nc(-c2cccs2)no1. The fourth-order valence-electron chi connectivity index (χ4n) is 1.15. The third-order valence-electron chi connectivity index (χ3n) is 1.94.